The second-order valence-electron chi connectivity index (χ2n) is 11.9. The SMILES string of the molecule is CCOc1ccc(N2CC=C[C@@]3(C)O[C@]45C=CCN(Cc6ccccc6)C(=O)C4N([C@@H](CC)CO)C(=O)[C@@H]5[C@H]3C2=O)cc1. The van der Waals surface area contributed by atoms with Crippen molar-refractivity contribution in [1.82, 2.24) is 9.80 Å². The smallest absolute Gasteiger partial charge is 0.249 e. The van der Waals surface area contributed by atoms with Crippen LogP contribution >= 0.6 is 0 Å². The first-order chi connectivity index (χ1) is 20.8. The summed E-state index contributed by atoms with van der Waals surface area (Å²) in [7, 11) is 0. The van der Waals surface area contributed by atoms with Crippen LogP contribution in [0, 0.1) is 11.8 Å². The van der Waals surface area contributed by atoms with E-state index in [1.807, 2.05) is 99.7 Å². The normalized spacial score (nSPS) is 30.6. The summed E-state index contributed by atoms with van der Waals surface area (Å²) in [6, 6.07) is 15.4. The zero-order chi connectivity index (χ0) is 30.4. The molecule has 2 aromatic rings. The number of ether oxygens (including phenoxy) is 2. The summed E-state index contributed by atoms with van der Waals surface area (Å²) in [5, 5.41) is 10.4. The van der Waals surface area contributed by atoms with Crippen molar-refractivity contribution in [1.29, 1.82) is 0 Å². The predicted octanol–water partition coefficient (Wildman–Crippen LogP) is 3.33. The lowest BCUT2D eigenvalue weighted by Crippen LogP contribution is -2.58. The van der Waals surface area contributed by atoms with Crippen LogP contribution in [0.5, 0.6) is 5.75 Å². The van der Waals surface area contributed by atoms with E-state index < -0.39 is 35.1 Å². The molecule has 9 heteroatoms. The van der Waals surface area contributed by atoms with Gasteiger partial charge in [-0.2, -0.15) is 0 Å². The molecule has 2 fully saturated rings. The third-order valence-electron chi connectivity index (χ3n) is 9.33. The highest BCUT2D eigenvalue weighted by atomic mass is 16.5. The Hall–Kier alpha value is -3.95. The highest BCUT2D eigenvalue weighted by Crippen LogP contribution is 2.58. The number of anilines is 1. The van der Waals surface area contributed by atoms with Gasteiger partial charge >= 0.3 is 0 Å². The van der Waals surface area contributed by atoms with Gasteiger partial charge in [-0.15, -0.1) is 0 Å². The first kappa shape index (κ1) is 29.1. The zero-order valence-electron chi connectivity index (χ0n) is 24.9. The third-order valence-corrected chi connectivity index (χ3v) is 9.33. The number of hydrogen-bond donors (Lipinski definition) is 1. The van der Waals surface area contributed by atoms with Gasteiger partial charge in [0.2, 0.25) is 17.7 Å². The van der Waals surface area contributed by atoms with E-state index in [0.717, 1.165) is 5.56 Å². The molecule has 2 saturated heterocycles. The first-order valence-corrected chi connectivity index (χ1v) is 15.1. The van der Waals surface area contributed by atoms with Crippen LogP contribution in [0.1, 0.15) is 32.8 Å². The number of rotatable bonds is 8. The van der Waals surface area contributed by atoms with Gasteiger partial charge in [-0.3, -0.25) is 14.4 Å². The van der Waals surface area contributed by atoms with Gasteiger partial charge in [-0.1, -0.05) is 61.6 Å². The Bertz CT molecular complexity index is 1440. The maximum absolute atomic E-state index is 14.6. The van der Waals surface area contributed by atoms with E-state index in [2.05, 4.69) is 0 Å². The van der Waals surface area contributed by atoms with Gasteiger partial charge in [0.05, 0.1) is 36.7 Å². The lowest BCUT2D eigenvalue weighted by Gasteiger charge is -2.40. The first-order valence-electron chi connectivity index (χ1n) is 15.1. The van der Waals surface area contributed by atoms with E-state index in [0.29, 0.717) is 44.1 Å². The second-order valence-corrected chi connectivity index (χ2v) is 11.9. The molecular weight excluding hydrogens is 546 g/mol. The summed E-state index contributed by atoms with van der Waals surface area (Å²) in [4.78, 5) is 48.5. The molecule has 226 valence electrons. The highest BCUT2D eigenvalue weighted by molar-refractivity contribution is 6.04. The maximum atomic E-state index is 14.6. The molecule has 1 spiro atoms. The van der Waals surface area contributed by atoms with Crippen molar-refractivity contribution in [3.8, 4) is 5.75 Å². The molecule has 1 N–H and O–H groups in total. The fourth-order valence-corrected chi connectivity index (χ4v) is 7.38. The fraction of sp³-hybridized carbons (Fsp3) is 0.441. The topological polar surface area (TPSA) is 99.6 Å². The highest BCUT2D eigenvalue weighted by Gasteiger charge is 2.75. The molecule has 0 aliphatic carbocycles. The Kier molecular flexibility index (Phi) is 7.64. The third kappa shape index (κ3) is 4.66. The molecule has 9 nitrogen and oxygen atoms in total. The number of likely N-dealkylation sites (tertiary alicyclic amines) is 1. The Balaban J connectivity index is 1.42. The summed E-state index contributed by atoms with van der Waals surface area (Å²) < 4.78 is 12.5. The lowest BCUT2D eigenvalue weighted by atomic mass is 9.74. The summed E-state index contributed by atoms with van der Waals surface area (Å²) in [5.41, 5.74) is -0.841. The van der Waals surface area contributed by atoms with Crippen molar-refractivity contribution in [2.45, 2.75) is 57.0 Å². The van der Waals surface area contributed by atoms with Gasteiger partial charge in [-0.05, 0) is 50.1 Å². The molecule has 0 aromatic heterocycles. The Morgan fingerprint density at radius 3 is 2.33 bits per heavy atom. The van der Waals surface area contributed by atoms with Crippen molar-refractivity contribution in [2.24, 2.45) is 11.8 Å². The van der Waals surface area contributed by atoms with Gasteiger partial charge in [0.15, 0.2) is 0 Å². The summed E-state index contributed by atoms with van der Waals surface area (Å²) in [6.45, 7) is 6.88. The fourth-order valence-electron chi connectivity index (χ4n) is 7.38. The van der Waals surface area contributed by atoms with Gasteiger partial charge < -0.3 is 29.3 Å². The van der Waals surface area contributed by atoms with Crippen LogP contribution in [0.2, 0.25) is 0 Å². The van der Waals surface area contributed by atoms with Crippen molar-refractivity contribution in [2.75, 3.05) is 31.2 Å². The molecule has 43 heavy (non-hydrogen) atoms. The van der Waals surface area contributed by atoms with Crippen LogP contribution < -0.4 is 9.64 Å². The van der Waals surface area contributed by atoms with E-state index in [-0.39, 0.29) is 24.3 Å². The van der Waals surface area contributed by atoms with E-state index >= 15 is 0 Å². The van der Waals surface area contributed by atoms with Crippen molar-refractivity contribution in [3.05, 3.63) is 84.5 Å². The number of benzene rings is 2. The molecular formula is C34H39N3O6. The molecule has 6 rings (SSSR count). The van der Waals surface area contributed by atoms with E-state index in [1.54, 1.807) is 9.80 Å². The van der Waals surface area contributed by atoms with E-state index in [9.17, 15) is 19.5 Å². The van der Waals surface area contributed by atoms with Crippen molar-refractivity contribution in [3.63, 3.8) is 0 Å². The second kappa shape index (κ2) is 11.3. The molecule has 0 radical (unpaired) electrons. The largest absolute Gasteiger partial charge is 0.494 e. The minimum Gasteiger partial charge on any atom is -0.494 e. The van der Waals surface area contributed by atoms with E-state index in [1.165, 1.54) is 4.90 Å². The number of carbonyl (C=O) groups is 3. The zero-order valence-corrected chi connectivity index (χ0v) is 24.9. The molecule has 4 aliphatic heterocycles. The average molecular weight is 586 g/mol. The number of aliphatic hydroxyl groups is 1. The van der Waals surface area contributed by atoms with Crippen LogP contribution in [0.15, 0.2) is 78.9 Å². The van der Waals surface area contributed by atoms with Gasteiger partial charge in [-0.25, -0.2) is 0 Å². The minimum absolute atomic E-state index is 0.240. The number of nitrogens with zero attached hydrogens (tertiary/aromatic N) is 3. The van der Waals surface area contributed by atoms with Gasteiger partial charge in [0.25, 0.3) is 0 Å². The van der Waals surface area contributed by atoms with Crippen molar-refractivity contribution >= 4 is 23.4 Å². The number of hydrogen-bond acceptors (Lipinski definition) is 6. The maximum Gasteiger partial charge on any atom is 0.249 e. The van der Waals surface area contributed by atoms with E-state index in [4.69, 9.17) is 9.47 Å². The molecule has 2 aromatic carbocycles. The minimum atomic E-state index is -1.37. The molecule has 4 aliphatic rings. The Morgan fingerprint density at radius 1 is 0.930 bits per heavy atom. The summed E-state index contributed by atoms with van der Waals surface area (Å²) >= 11 is 0. The Labute approximate surface area is 252 Å². The molecule has 3 amide bonds. The van der Waals surface area contributed by atoms with Crippen LogP contribution in [-0.4, -0.2) is 82.2 Å². The quantitative estimate of drug-likeness (QED) is 0.478. The molecule has 0 bridgehead atoms. The van der Waals surface area contributed by atoms with Gasteiger partial charge in [0.1, 0.15) is 17.4 Å². The van der Waals surface area contributed by atoms with Gasteiger partial charge in [0, 0.05) is 25.3 Å². The molecule has 6 atom stereocenters. The van der Waals surface area contributed by atoms with Crippen LogP contribution in [-0.2, 0) is 25.7 Å². The monoisotopic (exact) mass is 585 g/mol. The van der Waals surface area contributed by atoms with Crippen LogP contribution in [0.4, 0.5) is 5.69 Å². The standard InChI is InChI=1S/C34H39N3O6/c1-4-24(22-38)37-29-32(41)35(21-23-11-7-6-8-12-23)19-10-18-34(29)28(31(37)40)27-30(39)36(20-9-17-33(27,3)43-34)25-13-15-26(16-14-25)42-5-2/h6-18,24,27-29,38H,4-5,19-22H2,1-3H3/t24-,27-,28-,29?,33+,34-/m0/s1. The molecule has 1 unspecified atom stereocenters. The van der Waals surface area contributed by atoms with Crippen LogP contribution in [0.3, 0.4) is 0 Å². The van der Waals surface area contributed by atoms with Crippen LogP contribution in [0.25, 0.3) is 0 Å². The average Bonchev–Trinajstić information content (AvgIpc) is 3.28. The Morgan fingerprint density at radius 2 is 1.65 bits per heavy atom. The summed E-state index contributed by atoms with van der Waals surface area (Å²) in [6.07, 6.45) is 7.95. The lowest BCUT2D eigenvalue weighted by molar-refractivity contribution is -0.154. The molecule has 0 saturated carbocycles. The predicted molar refractivity (Wildman–Crippen MR) is 161 cm³/mol. The molecule has 4 heterocycles. The number of fused-ring (bicyclic) bond motifs is 2. The van der Waals surface area contributed by atoms with Crippen molar-refractivity contribution < 1.29 is 29.0 Å². The number of amides is 3. The summed E-state index contributed by atoms with van der Waals surface area (Å²) in [5.74, 6) is -1.95. The number of aliphatic hydroxyl groups excluding tert-OH is 1. The number of carbonyl (C=O) groups excluding carboxylic acids is 3.